The van der Waals surface area contributed by atoms with Gasteiger partial charge in [-0.3, -0.25) is 4.79 Å². The lowest BCUT2D eigenvalue weighted by Gasteiger charge is -2.26. The summed E-state index contributed by atoms with van der Waals surface area (Å²) in [5, 5.41) is 1.49. The largest absolute Gasteiger partial charge is 0.325 e. The van der Waals surface area contributed by atoms with E-state index < -0.39 is 32.1 Å². The molecule has 2 N–H and O–H groups in total. The summed E-state index contributed by atoms with van der Waals surface area (Å²) in [7, 11) is 0.444. The number of hydrogen-bond donors (Lipinski definition) is 2. The predicted octanol–water partition coefficient (Wildman–Crippen LogP) is 5.97. The Morgan fingerprint density at radius 2 is 1.49 bits per heavy atom. The van der Waals surface area contributed by atoms with Gasteiger partial charge in [0.2, 0.25) is 5.91 Å². The molecule has 0 spiro atoms. The summed E-state index contributed by atoms with van der Waals surface area (Å²) in [6.45, 7) is 8.56. The van der Waals surface area contributed by atoms with Gasteiger partial charge in [0, 0.05) is 24.1 Å². The molecule has 0 aliphatic rings. The molecule has 0 saturated carbocycles. The lowest BCUT2D eigenvalue weighted by atomic mass is 9.83. The summed E-state index contributed by atoms with van der Waals surface area (Å²) in [5.41, 5.74) is 4.81. The van der Waals surface area contributed by atoms with Crippen molar-refractivity contribution in [1.82, 2.24) is 4.90 Å². The first-order valence-electron chi connectivity index (χ1n) is 12.8. The molecular formula is C30H38N2O5S2. The molecule has 3 aromatic carbocycles. The molecule has 3 rings (SSSR count). The van der Waals surface area contributed by atoms with Gasteiger partial charge in [-0.05, 0) is 71.9 Å². The lowest BCUT2D eigenvalue weighted by Crippen LogP contribution is -2.27. The summed E-state index contributed by atoms with van der Waals surface area (Å²) in [6.07, 6.45) is 1.18. The van der Waals surface area contributed by atoms with E-state index in [0.29, 0.717) is 22.4 Å². The number of rotatable bonds is 10. The molecule has 0 radical (unpaired) electrons. The average molecular weight is 571 g/mol. The van der Waals surface area contributed by atoms with Crippen LogP contribution >= 0.6 is 0 Å². The van der Waals surface area contributed by atoms with Crippen LogP contribution in [0.3, 0.4) is 0 Å². The monoisotopic (exact) mass is 570 g/mol. The molecule has 1 amide bonds. The van der Waals surface area contributed by atoms with Crippen LogP contribution in [0.15, 0.2) is 65.6 Å². The fourth-order valence-corrected chi connectivity index (χ4v) is 6.36. The number of nitrogens with zero attached hydrogens (tertiary/aromatic N) is 1. The molecule has 0 aliphatic heterocycles. The van der Waals surface area contributed by atoms with Gasteiger partial charge < -0.3 is 14.8 Å². The Bertz CT molecular complexity index is 1430. The van der Waals surface area contributed by atoms with Crippen LogP contribution in [0, 0.1) is 0 Å². The van der Waals surface area contributed by atoms with E-state index in [9.17, 15) is 22.0 Å². The fourth-order valence-electron chi connectivity index (χ4n) is 4.73. The average Bonchev–Trinajstić information content (AvgIpc) is 2.84. The van der Waals surface area contributed by atoms with Crippen LogP contribution < -0.4 is 5.32 Å². The molecule has 0 fully saturated rings. The van der Waals surface area contributed by atoms with E-state index in [-0.39, 0.29) is 16.7 Å². The molecule has 0 heterocycles. The first-order chi connectivity index (χ1) is 18.2. The van der Waals surface area contributed by atoms with Crippen molar-refractivity contribution in [2.24, 2.45) is 0 Å². The second kappa shape index (κ2) is 12.6. The highest BCUT2D eigenvalue weighted by Crippen LogP contribution is 2.40. The van der Waals surface area contributed by atoms with Crippen LogP contribution in [0.1, 0.15) is 67.0 Å². The first-order valence-corrected chi connectivity index (χ1v) is 15.9. The van der Waals surface area contributed by atoms with Gasteiger partial charge in [0.25, 0.3) is 0 Å². The van der Waals surface area contributed by atoms with Crippen LogP contribution in [0.4, 0.5) is 5.69 Å². The molecule has 3 aromatic rings. The third kappa shape index (κ3) is 7.42. The normalized spacial score (nSPS) is 13.6. The smallest absolute Gasteiger partial charge is 0.247 e. The third-order valence-electron chi connectivity index (χ3n) is 6.51. The minimum atomic E-state index is -3.50. The van der Waals surface area contributed by atoms with E-state index >= 15 is 0 Å². The number of anilines is 1. The Labute approximate surface area is 234 Å². The molecule has 39 heavy (non-hydrogen) atoms. The Morgan fingerprint density at radius 1 is 0.949 bits per heavy atom. The maximum absolute atomic E-state index is 13.6. The van der Waals surface area contributed by atoms with Crippen LogP contribution in [0.2, 0.25) is 0 Å². The zero-order valence-corrected chi connectivity index (χ0v) is 25.2. The van der Waals surface area contributed by atoms with Crippen molar-refractivity contribution in [2.75, 3.05) is 25.7 Å². The zero-order valence-electron chi connectivity index (χ0n) is 23.6. The van der Waals surface area contributed by atoms with Gasteiger partial charge in [-0.25, -0.2) is 12.6 Å². The number of sulfone groups is 1. The van der Waals surface area contributed by atoms with Gasteiger partial charge in [-0.15, -0.1) is 0 Å². The Kier molecular flexibility index (Phi) is 9.88. The van der Waals surface area contributed by atoms with E-state index in [1.54, 1.807) is 36.4 Å². The molecular weight excluding hydrogens is 532 g/mol. The van der Waals surface area contributed by atoms with Gasteiger partial charge in [0.15, 0.2) is 26.2 Å². The zero-order chi connectivity index (χ0) is 29.1. The minimum Gasteiger partial charge on any atom is -0.325 e. The molecule has 0 aliphatic carbocycles. The quantitative estimate of drug-likeness (QED) is 0.291. The molecule has 9 heteroatoms. The number of amides is 1. The highest BCUT2D eigenvalue weighted by atomic mass is 32.2. The summed E-state index contributed by atoms with van der Waals surface area (Å²) in [5.74, 6) is -0.789. The van der Waals surface area contributed by atoms with E-state index in [0.717, 1.165) is 23.2 Å². The Hall–Kier alpha value is -2.85. The van der Waals surface area contributed by atoms with Crippen molar-refractivity contribution < 1.29 is 22.0 Å². The van der Waals surface area contributed by atoms with Gasteiger partial charge in [0.05, 0.1) is 4.90 Å². The summed E-state index contributed by atoms with van der Waals surface area (Å²) in [6, 6.07) is 17.9. The summed E-state index contributed by atoms with van der Waals surface area (Å²) >= 11 is -2.51. The number of carbonyl (C=O) groups excluding carboxylic acids is 1. The highest BCUT2D eigenvalue weighted by Gasteiger charge is 2.33. The summed E-state index contributed by atoms with van der Waals surface area (Å²) in [4.78, 5) is 15.8. The van der Waals surface area contributed by atoms with Crippen molar-refractivity contribution in [3.63, 3.8) is 0 Å². The standard InChI is InChI=1S/C30H38N2O5S2/c1-19(2)25-16-22(24-10-8-9-11-27(24)39(7,36)37)17-26(20(3)4)28(25)29(38(34)35)30(33)31-23-14-12-21(13-15-23)18-32(5)6/h8-17,19-20,29H,18H2,1-7H3,(H,31,33)(H,34,35). The van der Waals surface area contributed by atoms with Crippen molar-refractivity contribution in [3.05, 3.63) is 82.9 Å². The van der Waals surface area contributed by atoms with Gasteiger partial charge in [-0.2, -0.15) is 0 Å². The third-order valence-corrected chi connectivity index (χ3v) is 8.52. The van der Waals surface area contributed by atoms with Crippen LogP contribution in [0.5, 0.6) is 0 Å². The predicted molar refractivity (Wildman–Crippen MR) is 159 cm³/mol. The lowest BCUT2D eigenvalue weighted by molar-refractivity contribution is -0.116. The van der Waals surface area contributed by atoms with Gasteiger partial charge in [0.1, 0.15) is 0 Å². The molecule has 7 nitrogen and oxygen atoms in total. The van der Waals surface area contributed by atoms with Crippen LogP contribution in [-0.4, -0.2) is 48.3 Å². The summed E-state index contributed by atoms with van der Waals surface area (Å²) < 4.78 is 48.3. The maximum Gasteiger partial charge on any atom is 0.247 e. The topological polar surface area (TPSA) is 104 Å². The fraction of sp³-hybridized carbons (Fsp3) is 0.367. The number of carbonyl (C=O) groups is 1. The minimum absolute atomic E-state index is 0.105. The van der Waals surface area contributed by atoms with Crippen molar-refractivity contribution in [2.45, 2.75) is 56.2 Å². The van der Waals surface area contributed by atoms with Crippen LogP contribution in [-0.2, 0) is 32.3 Å². The molecule has 2 unspecified atom stereocenters. The Morgan fingerprint density at radius 3 is 1.95 bits per heavy atom. The SMILES string of the molecule is CC(C)c1cc(-c2ccccc2S(C)(=O)=O)cc(C(C)C)c1C(C(=O)Nc1ccc(CN(C)C)cc1)S(=O)O. The first kappa shape index (κ1) is 30.7. The van der Waals surface area contributed by atoms with Gasteiger partial charge in [-0.1, -0.05) is 70.2 Å². The van der Waals surface area contributed by atoms with Crippen molar-refractivity contribution >= 4 is 32.5 Å². The maximum atomic E-state index is 13.6. The van der Waals surface area contributed by atoms with Crippen molar-refractivity contribution in [3.8, 4) is 11.1 Å². The molecule has 0 saturated heterocycles. The van der Waals surface area contributed by atoms with Crippen LogP contribution in [0.25, 0.3) is 11.1 Å². The molecule has 0 aromatic heterocycles. The van der Waals surface area contributed by atoms with E-state index in [4.69, 9.17) is 0 Å². The molecule has 0 bridgehead atoms. The second-order valence-electron chi connectivity index (χ2n) is 10.7. The second-order valence-corrected chi connectivity index (χ2v) is 13.7. The van der Waals surface area contributed by atoms with E-state index in [2.05, 4.69) is 5.32 Å². The molecule has 2 atom stereocenters. The number of nitrogens with one attached hydrogen (secondary N) is 1. The Balaban J connectivity index is 2.16. The number of benzene rings is 3. The molecule has 210 valence electrons. The van der Waals surface area contributed by atoms with Gasteiger partial charge >= 0.3 is 0 Å². The van der Waals surface area contributed by atoms with E-state index in [1.807, 2.05) is 71.0 Å². The number of hydrogen-bond acceptors (Lipinski definition) is 5. The highest BCUT2D eigenvalue weighted by molar-refractivity contribution is 7.90. The van der Waals surface area contributed by atoms with E-state index in [1.165, 1.54) is 6.26 Å². The van der Waals surface area contributed by atoms with Crippen molar-refractivity contribution in [1.29, 1.82) is 0 Å².